The number of carbonyl (C=O) groups excluding carboxylic acids is 3. The number of piperazine rings is 1. The predicted octanol–water partition coefficient (Wildman–Crippen LogP) is 2.94. The van der Waals surface area contributed by atoms with E-state index in [0.717, 1.165) is 37.7 Å². The fraction of sp³-hybridized carbons (Fsp3) is 0.640. The van der Waals surface area contributed by atoms with Gasteiger partial charge in [0.25, 0.3) is 0 Å². The second-order valence-electron chi connectivity index (χ2n) is 9.84. The van der Waals surface area contributed by atoms with Gasteiger partial charge >= 0.3 is 6.03 Å². The van der Waals surface area contributed by atoms with Gasteiger partial charge in [0.2, 0.25) is 11.8 Å². The number of rotatable bonds is 5. The van der Waals surface area contributed by atoms with Crippen molar-refractivity contribution in [2.24, 2.45) is 5.92 Å². The SMILES string of the molecule is CCC(C)[C@H]1C(=O)N(C2CCCCC2)C[C@H]2N1C(=O)CN(C)N2C(=O)NCc1ccc(F)cc1. The maximum absolute atomic E-state index is 13.7. The number of nitrogens with one attached hydrogen (secondary N) is 1. The smallest absolute Gasteiger partial charge is 0.334 e. The van der Waals surface area contributed by atoms with Gasteiger partial charge in [0.1, 0.15) is 18.0 Å². The minimum atomic E-state index is -0.570. The third kappa shape index (κ3) is 4.76. The normalized spacial score (nSPS) is 25.4. The molecule has 8 nitrogen and oxygen atoms in total. The van der Waals surface area contributed by atoms with E-state index in [4.69, 9.17) is 0 Å². The molecule has 4 rings (SSSR count). The predicted molar refractivity (Wildman–Crippen MR) is 126 cm³/mol. The number of benzene rings is 1. The zero-order valence-corrected chi connectivity index (χ0v) is 20.4. The Balaban J connectivity index is 1.60. The maximum atomic E-state index is 13.7. The summed E-state index contributed by atoms with van der Waals surface area (Å²) in [7, 11) is 1.73. The molecule has 9 heteroatoms. The van der Waals surface area contributed by atoms with Crippen LogP contribution in [0.15, 0.2) is 24.3 Å². The molecule has 1 aromatic rings. The van der Waals surface area contributed by atoms with Crippen LogP contribution < -0.4 is 5.32 Å². The lowest BCUT2D eigenvalue weighted by Crippen LogP contribution is -2.77. The highest BCUT2D eigenvalue weighted by Gasteiger charge is 2.53. The molecule has 3 aliphatic rings. The topological polar surface area (TPSA) is 76.2 Å². The molecule has 34 heavy (non-hydrogen) atoms. The van der Waals surface area contributed by atoms with E-state index in [1.807, 2.05) is 18.7 Å². The minimum Gasteiger partial charge on any atom is -0.334 e. The lowest BCUT2D eigenvalue weighted by molar-refractivity contribution is -0.193. The highest BCUT2D eigenvalue weighted by Crippen LogP contribution is 2.34. The van der Waals surface area contributed by atoms with Crippen LogP contribution in [0, 0.1) is 11.7 Å². The van der Waals surface area contributed by atoms with Gasteiger partial charge in [-0.3, -0.25) is 9.59 Å². The molecule has 186 valence electrons. The Kier molecular flexibility index (Phi) is 7.40. The quantitative estimate of drug-likeness (QED) is 0.714. The molecular weight excluding hydrogens is 437 g/mol. The third-order valence-corrected chi connectivity index (χ3v) is 7.58. The number of hydrogen-bond acceptors (Lipinski definition) is 4. The van der Waals surface area contributed by atoms with E-state index in [2.05, 4.69) is 5.32 Å². The molecule has 3 fully saturated rings. The molecule has 3 atom stereocenters. The van der Waals surface area contributed by atoms with Crippen LogP contribution in [-0.2, 0) is 16.1 Å². The summed E-state index contributed by atoms with van der Waals surface area (Å²) in [4.78, 5) is 43.9. The first-order chi connectivity index (χ1) is 16.3. The van der Waals surface area contributed by atoms with Crippen molar-refractivity contribution in [1.29, 1.82) is 0 Å². The monoisotopic (exact) mass is 473 g/mol. The molecule has 1 N–H and O–H groups in total. The van der Waals surface area contributed by atoms with E-state index in [1.165, 1.54) is 18.6 Å². The van der Waals surface area contributed by atoms with Gasteiger partial charge in [0.15, 0.2) is 0 Å². The van der Waals surface area contributed by atoms with E-state index in [-0.39, 0.29) is 48.7 Å². The van der Waals surface area contributed by atoms with Crippen molar-refractivity contribution in [3.63, 3.8) is 0 Å². The Bertz CT molecular complexity index is 904. The van der Waals surface area contributed by atoms with E-state index in [9.17, 15) is 18.8 Å². The summed E-state index contributed by atoms with van der Waals surface area (Å²) in [5, 5.41) is 6.14. The Hall–Kier alpha value is -2.68. The molecule has 0 bridgehead atoms. The molecule has 0 spiro atoms. The lowest BCUT2D eigenvalue weighted by Gasteiger charge is -2.56. The first-order valence-electron chi connectivity index (χ1n) is 12.5. The first kappa shape index (κ1) is 24.4. The Morgan fingerprint density at radius 3 is 2.47 bits per heavy atom. The highest BCUT2D eigenvalue weighted by molar-refractivity contribution is 5.91. The number of nitrogens with zero attached hydrogens (tertiary/aromatic N) is 4. The van der Waals surface area contributed by atoms with Crippen molar-refractivity contribution in [3.8, 4) is 0 Å². The second kappa shape index (κ2) is 10.3. The van der Waals surface area contributed by atoms with Crippen LogP contribution in [0.4, 0.5) is 9.18 Å². The zero-order chi connectivity index (χ0) is 24.4. The minimum absolute atomic E-state index is 0.0158. The number of carbonyl (C=O) groups is 3. The van der Waals surface area contributed by atoms with E-state index < -0.39 is 12.2 Å². The molecular formula is C25H36FN5O3. The number of hydrazine groups is 1. The van der Waals surface area contributed by atoms with Crippen molar-refractivity contribution in [3.05, 3.63) is 35.6 Å². The number of fused-ring (bicyclic) bond motifs is 1. The van der Waals surface area contributed by atoms with Gasteiger partial charge in [-0.15, -0.1) is 0 Å². The van der Waals surface area contributed by atoms with Crippen LogP contribution >= 0.6 is 0 Å². The summed E-state index contributed by atoms with van der Waals surface area (Å²) >= 11 is 0. The number of amides is 4. The Morgan fingerprint density at radius 2 is 1.82 bits per heavy atom. The molecule has 1 saturated carbocycles. The van der Waals surface area contributed by atoms with Gasteiger partial charge in [0, 0.05) is 19.6 Å². The van der Waals surface area contributed by atoms with Crippen molar-refractivity contribution in [2.75, 3.05) is 20.1 Å². The average Bonchev–Trinajstić information content (AvgIpc) is 2.83. The number of likely N-dealkylation sites (N-methyl/N-ethyl adjacent to an activating group) is 1. The largest absolute Gasteiger partial charge is 0.334 e. The standard InChI is InChI=1S/C25H36FN5O3/c1-4-17(2)23-24(33)29(20-8-6-5-7-9-20)15-21-30(23)22(32)16-28(3)31(21)25(34)27-14-18-10-12-19(26)13-11-18/h10-13,17,20-21,23H,4-9,14-16H2,1-3H3,(H,27,34)/t17?,21-,23-/m0/s1. The van der Waals surface area contributed by atoms with Gasteiger partial charge < -0.3 is 15.1 Å². The molecule has 1 unspecified atom stereocenters. The van der Waals surface area contributed by atoms with Crippen LogP contribution in [0.2, 0.25) is 0 Å². The zero-order valence-electron chi connectivity index (χ0n) is 20.4. The van der Waals surface area contributed by atoms with E-state index >= 15 is 0 Å². The van der Waals surface area contributed by atoms with Crippen LogP contribution in [0.1, 0.15) is 57.9 Å². The van der Waals surface area contributed by atoms with Gasteiger partial charge in [-0.1, -0.05) is 51.7 Å². The highest BCUT2D eigenvalue weighted by atomic mass is 19.1. The summed E-state index contributed by atoms with van der Waals surface area (Å²) in [6, 6.07) is 5.24. The summed E-state index contributed by atoms with van der Waals surface area (Å²) in [6.07, 6.45) is 5.51. The van der Waals surface area contributed by atoms with Crippen molar-refractivity contribution < 1.29 is 18.8 Å². The molecule has 2 saturated heterocycles. The molecule has 0 radical (unpaired) electrons. The lowest BCUT2D eigenvalue weighted by atomic mass is 9.88. The van der Waals surface area contributed by atoms with Crippen LogP contribution in [0.25, 0.3) is 0 Å². The van der Waals surface area contributed by atoms with E-state index in [0.29, 0.717) is 6.54 Å². The van der Waals surface area contributed by atoms with Crippen molar-refractivity contribution >= 4 is 17.8 Å². The molecule has 1 aliphatic carbocycles. The van der Waals surface area contributed by atoms with Crippen LogP contribution in [-0.4, -0.2) is 76.0 Å². The van der Waals surface area contributed by atoms with Crippen LogP contribution in [0.3, 0.4) is 0 Å². The molecule has 1 aromatic carbocycles. The van der Waals surface area contributed by atoms with E-state index in [1.54, 1.807) is 34.1 Å². The van der Waals surface area contributed by atoms with Crippen molar-refractivity contribution in [1.82, 2.24) is 25.1 Å². The molecule has 4 amide bonds. The fourth-order valence-corrected chi connectivity index (χ4v) is 5.54. The summed E-state index contributed by atoms with van der Waals surface area (Å²) in [5.74, 6) is -0.456. The number of urea groups is 1. The van der Waals surface area contributed by atoms with Gasteiger partial charge in [-0.2, -0.15) is 0 Å². The number of hydrogen-bond donors (Lipinski definition) is 1. The fourth-order valence-electron chi connectivity index (χ4n) is 5.54. The second-order valence-corrected chi connectivity index (χ2v) is 9.84. The van der Waals surface area contributed by atoms with Crippen LogP contribution in [0.5, 0.6) is 0 Å². The Labute approximate surface area is 201 Å². The number of halogens is 1. The third-order valence-electron chi connectivity index (χ3n) is 7.58. The first-order valence-corrected chi connectivity index (χ1v) is 12.5. The van der Waals surface area contributed by atoms with Gasteiger partial charge in [0.05, 0.1) is 13.1 Å². The van der Waals surface area contributed by atoms with Crippen molar-refractivity contribution in [2.45, 2.75) is 77.2 Å². The summed E-state index contributed by atoms with van der Waals surface area (Å²) < 4.78 is 13.2. The van der Waals surface area contributed by atoms with Gasteiger partial charge in [-0.25, -0.2) is 19.2 Å². The summed E-state index contributed by atoms with van der Waals surface area (Å²) in [5.41, 5.74) is 0.780. The summed E-state index contributed by atoms with van der Waals surface area (Å²) in [6.45, 7) is 4.62. The molecule has 0 aromatic heterocycles. The Morgan fingerprint density at radius 1 is 1.15 bits per heavy atom. The van der Waals surface area contributed by atoms with Gasteiger partial charge in [-0.05, 0) is 36.5 Å². The maximum Gasteiger partial charge on any atom is 0.334 e. The molecule has 2 heterocycles. The molecule has 2 aliphatic heterocycles. The average molecular weight is 474 g/mol.